The molecular formula is C23H19FN2O2. The molecule has 0 aromatic heterocycles. The Morgan fingerprint density at radius 3 is 2.43 bits per heavy atom. The van der Waals surface area contributed by atoms with Crippen molar-refractivity contribution in [1.82, 2.24) is 0 Å². The van der Waals surface area contributed by atoms with E-state index < -0.39 is 11.3 Å². The Kier molecular flexibility index (Phi) is 4.35. The lowest BCUT2D eigenvalue weighted by Gasteiger charge is -2.49. The highest BCUT2D eigenvalue weighted by Crippen LogP contribution is 2.49. The first-order chi connectivity index (χ1) is 13.5. The van der Waals surface area contributed by atoms with Gasteiger partial charge in [-0.1, -0.05) is 37.3 Å². The average Bonchev–Trinajstić information content (AvgIpc) is 2.73. The van der Waals surface area contributed by atoms with Gasteiger partial charge in [0.2, 0.25) is 5.91 Å². The van der Waals surface area contributed by atoms with Gasteiger partial charge < -0.3 is 4.90 Å². The number of benzene rings is 2. The minimum atomic E-state index is -1.09. The van der Waals surface area contributed by atoms with E-state index >= 15 is 0 Å². The summed E-state index contributed by atoms with van der Waals surface area (Å²) in [6.45, 7) is 2.24. The zero-order valence-electron chi connectivity index (χ0n) is 15.4. The zero-order chi connectivity index (χ0) is 19.9. The third-order valence-electron chi connectivity index (χ3n) is 6.01. The molecule has 2 aliphatic rings. The second kappa shape index (κ2) is 6.72. The van der Waals surface area contributed by atoms with Crippen LogP contribution in [0.2, 0.25) is 0 Å². The van der Waals surface area contributed by atoms with E-state index in [9.17, 15) is 19.2 Å². The summed E-state index contributed by atoms with van der Waals surface area (Å²) in [5, 5.41) is 9.52. The normalized spacial score (nSPS) is 27.0. The molecule has 0 N–H and O–H groups in total. The van der Waals surface area contributed by atoms with Gasteiger partial charge in [-0.2, -0.15) is 5.26 Å². The summed E-state index contributed by atoms with van der Waals surface area (Å²) in [5.41, 5.74) is 0.314. The summed E-state index contributed by atoms with van der Waals surface area (Å²) >= 11 is 0. The monoisotopic (exact) mass is 374 g/mol. The Morgan fingerprint density at radius 1 is 1.11 bits per heavy atom. The molecule has 0 radical (unpaired) electrons. The van der Waals surface area contributed by atoms with Gasteiger partial charge in [0.1, 0.15) is 11.9 Å². The van der Waals surface area contributed by atoms with Crippen LogP contribution in [0.4, 0.5) is 10.1 Å². The van der Waals surface area contributed by atoms with Crippen molar-refractivity contribution in [2.24, 2.45) is 11.8 Å². The molecule has 2 aromatic rings. The molecule has 4 nitrogen and oxygen atoms in total. The van der Waals surface area contributed by atoms with E-state index in [4.69, 9.17) is 0 Å². The number of rotatable bonds is 2. The Balaban J connectivity index is 1.92. The van der Waals surface area contributed by atoms with Crippen LogP contribution < -0.4 is 4.90 Å². The number of anilines is 1. The molecule has 1 amide bonds. The Bertz CT molecular complexity index is 1010. The standard InChI is InChI=1S/C23H19FN2O2/c1-15-20-11-12-26(19-9-7-18(24)8-10-19)22(28)23(20,13-16(14-25)21(15)27)17-5-3-2-4-6-17/h2-10,13,15,20H,11-12H2,1H3/t15-,20-,23+/m1/s1. The van der Waals surface area contributed by atoms with Crippen LogP contribution in [0.1, 0.15) is 18.9 Å². The molecule has 4 rings (SSSR count). The number of piperidine rings is 1. The van der Waals surface area contributed by atoms with E-state index in [0.29, 0.717) is 18.7 Å². The summed E-state index contributed by atoms with van der Waals surface area (Å²) in [6.07, 6.45) is 2.17. The van der Waals surface area contributed by atoms with Crippen molar-refractivity contribution < 1.29 is 14.0 Å². The maximum Gasteiger partial charge on any atom is 0.241 e. The summed E-state index contributed by atoms with van der Waals surface area (Å²) in [7, 11) is 0. The van der Waals surface area contributed by atoms with Crippen LogP contribution in [0.25, 0.3) is 0 Å². The van der Waals surface area contributed by atoms with Gasteiger partial charge in [-0.05, 0) is 48.2 Å². The third kappa shape index (κ3) is 2.56. The van der Waals surface area contributed by atoms with Crippen LogP contribution in [0.15, 0.2) is 66.2 Å². The van der Waals surface area contributed by atoms with Gasteiger partial charge in [-0.15, -0.1) is 0 Å². The van der Waals surface area contributed by atoms with Crippen molar-refractivity contribution in [3.63, 3.8) is 0 Å². The highest BCUT2D eigenvalue weighted by Gasteiger charge is 2.56. The largest absolute Gasteiger partial charge is 0.311 e. The molecule has 1 saturated heterocycles. The molecule has 0 unspecified atom stereocenters. The Labute approximate surface area is 162 Å². The quantitative estimate of drug-likeness (QED) is 0.804. The van der Waals surface area contributed by atoms with Crippen molar-refractivity contribution in [3.05, 3.63) is 77.6 Å². The molecule has 0 saturated carbocycles. The first-order valence-electron chi connectivity index (χ1n) is 9.29. The summed E-state index contributed by atoms with van der Waals surface area (Å²) in [5.74, 6) is -1.42. The predicted octanol–water partition coefficient (Wildman–Crippen LogP) is 3.79. The molecule has 0 bridgehead atoms. The van der Waals surface area contributed by atoms with Gasteiger partial charge in [0.05, 0.1) is 11.0 Å². The number of carbonyl (C=O) groups is 2. The Morgan fingerprint density at radius 2 is 1.79 bits per heavy atom. The molecule has 140 valence electrons. The number of hydrogen-bond donors (Lipinski definition) is 0. The predicted molar refractivity (Wildman–Crippen MR) is 103 cm³/mol. The second-order valence-electron chi connectivity index (χ2n) is 7.39. The SMILES string of the molecule is C[C@H]1C(=O)C(C#N)=C[C@@]2(c3ccccc3)C(=O)N(c3ccc(F)cc3)CC[C@H]12. The average molecular weight is 374 g/mol. The summed E-state index contributed by atoms with van der Waals surface area (Å²) < 4.78 is 13.4. The zero-order valence-corrected chi connectivity index (χ0v) is 15.4. The van der Waals surface area contributed by atoms with E-state index in [1.165, 1.54) is 12.1 Å². The van der Waals surface area contributed by atoms with Gasteiger partial charge in [-0.3, -0.25) is 9.59 Å². The number of Topliss-reactive ketones (excluding diaryl/α,β-unsaturated/α-hetero) is 1. The molecule has 1 fully saturated rings. The van der Waals surface area contributed by atoms with Crippen molar-refractivity contribution in [2.45, 2.75) is 18.8 Å². The van der Waals surface area contributed by atoms with Crippen molar-refractivity contribution >= 4 is 17.4 Å². The summed E-state index contributed by atoms with van der Waals surface area (Å²) in [6, 6.07) is 17.1. The smallest absolute Gasteiger partial charge is 0.241 e. The van der Waals surface area contributed by atoms with Gasteiger partial charge >= 0.3 is 0 Å². The topological polar surface area (TPSA) is 61.2 Å². The number of carbonyl (C=O) groups excluding carboxylic acids is 2. The van der Waals surface area contributed by atoms with E-state index in [2.05, 4.69) is 0 Å². The highest BCUT2D eigenvalue weighted by atomic mass is 19.1. The van der Waals surface area contributed by atoms with Crippen LogP contribution in [0.3, 0.4) is 0 Å². The van der Waals surface area contributed by atoms with E-state index in [0.717, 1.165) is 5.56 Å². The molecule has 0 spiro atoms. The number of ketones is 1. The van der Waals surface area contributed by atoms with E-state index in [1.54, 1.807) is 30.0 Å². The first-order valence-corrected chi connectivity index (χ1v) is 9.29. The minimum absolute atomic E-state index is 0.0295. The van der Waals surface area contributed by atoms with Crippen LogP contribution in [-0.4, -0.2) is 18.2 Å². The molecule has 5 heteroatoms. The number of nitrogens with zero attached hydrogens (tertiary/aromatic N) is 2. The highest BCUT2D eigenvalue weighted by molar-refractivity contribution is 6.10. The van der Waals surface area contributed by atoms with Gasteiger partial charge in [0, 0.05) is 18.2 Å². The fourth-order valence-corrected chi connectivity index (χ4v) is 4.61. The van der Waals surface area contributed by atoms with Crippen LogP contribution in [0.5, 0.6) is 0 Å². The van der Waals surface area contributed by atoms with Gasteiger partial charge in [0.15, 0.2) is 5.78 Å². The minimum Gasteiger partial charge on any atom is -0.311 e. The lowest BCUT2D eigenvalue weighted by molar-refractivity contribution is -0.130. The third-order valence-corrected chi connectivity index (χ3v) is 6.01. The first kappa shape index (κ1) is 18.1. The second-order valence-corrected chi connectivity index (χ2v) is 7.39. The lowest BCUT2D eigenvalue weighted by Crippen LogP contribution is -2.59. The Hall–Kier alpha value is -3.26. The maximum absolute atomic E-state index is 13.8. The van der Waals surface area contributed by atoms with E-state index in [-0.39, 0.29) is 29.0 Å². The van der Waals surface area contributed by atoms with Gasteiger partial charge in [0.25, 0.3) is 0 Å². The molecule has 1 aliphatic heterocycles. The molecule has 3 atom stereocenters. The summed E-state index contributed by atoms with van der Waals surface area (Å²) in [4.78, 5) is 28.1. The van der Waals surface area contributed by atoms with Crippen LogP contribution >= 0.6 is 0 Å². The molecular weight excluding hydrogens is 355 g/mol. The number of nitriles is 1. The molecule has 1 aliphatic carbocycles. The fraction of sp³-hybridized carbons (Fsp3) is 0.261. The van der Waals surface area contributed by atoms with Gasteiger partial charge in [-0.25, -0.2) is 4.39 Å². The molecule has 1 heterocycles. The fourth-order valence-electron chi connectivity index (χ4n) is 4.61. The number of amides is 1. The molecule has 28 heavy (non-hydrogen) atoms. The van der Waals surface area contributed by atoms with Crippen LogP contribution in [0, 0.1) is 29.0 Å². The van der Waals surface area contributed by atoms with Crippen molar-refractivity contribution in [3.8, 4) is 6.07 Å². The number of halogens is 1. The lowest BCUT2D eigenvalue weighted by atomic mass is 9.57. The van der Waals surface area contributed by atoms with Crippen molar-refractivity contribution in [1.29, 1.82) is 5.26 Å². The number of fused-ring (bicyclic) bond motifs is 1. The van der Waals surface area contributed by atoms with Crippen molar-refractivity contribution in [2.75, 3.05) is 11.4 Å². The van der Waals surface area contributed by atoms with E-state index in [1.807, 2.05) is 36.4 Å². The van der Waals surface area contributed by atoms with Crippen LogP contribution in [-0.2, 0) is 15.0 Å². The molecule has 2 aromatic carbocycles. The number of hydrogen-bond acceptors (Lipinski definition) is 3. The number of allylic oxidation sites excluding steroid dienone is 1. The maximum atomic E-state index is 13.8.